The monoisotopic (exact) mass is 358 g/mol. The van der Waals surface area contributed by atoms with Gasteiger partial charge in [0.25, 0.3) is 5.91 Å². The molecule has 134 valence electrons. The molecule has 1 saturated heterocycles. The van der Waals surface area contributed by atoms with E-state index in [0.29, 0.717) is 42.9 Å². The van der Waals surface area contributed by atoms with E-state index >= 15 is 0 Å². The number of benzene rings is 2. The highest BCUT2D eigenvalue weighted by molar-refractivity contribution is 6.00. The molecule has 3 heterocycles. The van der Waals surface area contributed by atoms with E-state index in [1.165, 1.54) is 0 Å². The van der Waals surface area contributed by atoms with Crippen LogP contribution < -0.4 is 4.74 Å². The molecule has 27 heavy (non-hydrogen) atoms. The number of rotatable bonds is 1. The normalized spacial score (nSPS) is 21.3. The molecule has 5 nitrogen and oxygen atoms in total. The van der Waals surface area contributed by atoms with Gasteiger partial charge in [-0.25, -0.2) is 4.98 Å². The van der Waals surface area contributed by atoms with Gasteiger partial charge < -0.3 is 9.64 Å². The lowest BCUT2D eigenvalue weighted by atomic mass is 9.89. The fraction of sp³-hybridized carbons (Fsp3) is 0.227. The van der Waals surface area contributed by atoms with Gasteiger partial charge in [-0.15, -0.1) is 0 Å². The number of fused-ring (bicyclic) bond motifs is 2. The maximum atomic E-state index is 13.0. The molecule has 0 saturated carbocycles. The van der Waals surface area contributed by atoms with Crippen LogP contribution >= 0.6 is 0 Å². The van der Waals surface area contributed by atoms with Gasteiger partial charge in [-0.05, 0) is 24.3 Å². The smallest absolute Gasteiger partial charge is 0.272 e. The van der Waals surface area contributed by atoms with Crippen LogP contribution in [0.15, 0.2) is 60.7 Å². The number of para-hydroxylation sites is 2. The third-order valence-electron chi connectivity index (χ3n) is 5.42. The van der Waals surface area contributed by atoms with Crippen molar-refractivity contribution in [1.29, 1.82) is 0 Å². The minimum Gasteiger partial charge on any atom is -0.484 e. The van der Waals surface area contributed by atoms with E-state index in [-0.39, 0.29) is 11.7 Å². The Morgan fingerprint density at radius 2 is 1.85 bits per heavy atom. The minimum atomic E-state index is -0.627. The number of amides is 1. The Hall–Kier alpha value is -3.21. The van der Waals surface area contributed by atoms with Gasteiger partial charge in [0.2, 0.25) is 0 Å². The molecule has 2 aromatic carbocycles. The van der Waals surface area contributed by atoms with Crippen LogP contribution in [0.2, 0.25) is 0 Å². The number of aromatic nitrogens is 1. The van der Waals surface area contributed by atoms with Crippen LogP contribution in [-0.2, 0) is 0 Å². The zero-order valence-corrected chi connectivity index (χ0v) is 14.7. The Morgan fingerprint density at radius 3 is 2.78 bits per heavy atom. The molecule has 0 bridgehead atoms. The quantitative estimate of drug-likeness (QED) is 0.668. The summed E-state index contributed by atoms with van der Waals surface area (Å²) in [7, 11) is 0. The molecule has 5 rings (SSSR count). The molecule has 1 spiro atoms. The lowest BCUT2D eigenvalue weighted by Gasteiger charge is -2.34. The molecule has 1 unspecified atom stereocenters. The summed E-state index contributed by atoms with van der Waals surface area (Å²) < 4.78 is 6.20. The second-order valence-corrected chi connectivity index (χ2v) is 7.25. The predicted octanol–water partition coefficient (Wildman–Crippen LogP) is 3.48. The predicted molar refractivity (Wildman–Crippen MR) is 101 cm³/mol. The summed E-state index contributed by atoms with van der Waals surface area (Å²) in [6, 6.07) is 18.7. The average Bonchev–Trinajstić information content (AvgIpc) is 3.10. The maximum absolute atomic E-state index is 13.0. The van der Waals surface area contributed by atoms with E-state index in [4.69, 9.17) is 4.74 Å². The molecule has 2 aliphatic rings. The van der Waals surface area contributed by atoms with E-state index in [9.17, 15) is 9.59 Å². The average molecular weight is 358 g/mol. The van der Waals surface area contributed by atoms with E-state index in [0.717, 1.165) is 10.9 Å². The van der Waals surface area contributed by atoms with Crippen molar-refractivity contribution in [1.82, 2.24) is 9.88 Å². The van der Waals surface area contributed by atoms with Gasteiger partial charge in [0, 0.05) is 18.4 Å². The highest BCUT2D eigenvalue weighted by Crippen LogP contribution is 2.38. The molecule has 3 aromatic rings. The number of ketones is 1. The molecule has 0 aliphatic carbocycles. The van der Waals surface area contributed by atoms with Gasteiger partial charge in [0.15, 0.2) is 5.78 Å². The molecule has 1 aromatic heterocycles. The van der Waals surface area contributed by atoms with Crippen molar-refractivity contribution >= 4 is 22.6 Å². The van der Waals surface area contributed by atoms with Crippen LogP contribution in [0.1, 0.15) is 33.7 Å². The topological polar surface area (TPSA) is 59.5 Å². The number of carbonyl (C=O) groups excluding carboxylic acids is 2. The Bertz CT molecular complexity index is 1080. The van der Waals surface area contributed by atoms with Gasteiger partial charge in [-0.1, -0.05) is 36.4 Å². The van der Waals surface area contributed by atoms with Crippen molar-refractivity contribution in [3.63, 3.8) is 0 Å². The fourth-order valence-electron chi connectivity index (χ4n) is 4.04. The standard InChI is InChI=1S/C22H18N2O3/c25-19-13-22(27-20-8-4-2-6-16(19)20)11-12-24(14-22)21(26)18-10-9-15-5-1-3-7-17(15)23-18/h1-10H,11-14H2. The van der Waals surface area contributed by atoms with Crippen molar-refractivity contribution in [2.24, 2.45) is 0 Å². The SMILES string of the molecule is O=C1CC2(CCN(C(=O)c3ccc4ccccc4n3)C2)Oc2ccccc21. The van der Waals surface area contributed by atoms with Gasteiger partial charge in [-0.2, -0.15) is 0 Å². The van der Waals surface area contributed by atoms with Crippen molar-refractivity contribution in [3.05, 3.63) is 71.9 Å². The van der Waals surface area contributed by atoms with Crippen molar-refractivity contribution in [2.45, 2.75) is 18.4 Å². The fourth-order valence-corrected chi connectivity index (χ4v) is 4.04. The number of hydrogen-bond donors (Lipinski definition) is 0. The summed E-state index contributed by atoms with van der Waals surface area (Å²) in [6.07, 6.45) is 0.950. The van der Waals surface area contributed by atoms with E-state index in [2.05, 4.69) is 4.98 Å². The van der Waals surface area contributed by atoms with Gasteiger partial charge in [-0.3, -0.25) is 9.59 Å². The molecule has 2 aliphatic heterocycles. The summed E-state index contributed by atoms with van der Waals surface area (Å²) in [6.45, 7) is 0.962. The van der Waals surface area contributed by atoms with Crippen LogP contribution in [-0.4, -0.2) is 40.3 Å². The summed E-state index contributed by atoms with van der Waals surface area (Å²) >= 11 is 0. The first-order valence-corrected chi connectivity index (χ1v) is 9.10. The number of ether oxygens (including phenoxy) is 1. The molecule has 0 radical (unpaired) electrons. The van der Waals surface area contributed by atoms with Gasteiger partial charge >= 0.3 is 0 Å². The van der Waals surface area contributed by atoms with Crippen molar-refractivity contribution in [2.75, 3.05) is 13.1 Å². The Labute approximate surface area is 156 Å². The number of hydrogen-bond acceptors (Lipinski definition) is 4. The number of Topliss-reactive ketones (excluding diaryl/α,β-unsaturated/α-hetero) is 1. The van der Waals surface area contributed by atoms with E-state index in [1.54, 1.807) is 17.0 Å². The number of carbonyl (C=O) groups is 2. The summed E-state index contributed by atoms with van der Waals surface area (Å²) in [4.78, 5) is 31.8. The third-order valence-corrected chi connectivity index (χ3v) is 5.42. The first-order valence-electron chi connectivity index (χ1n) is 9.10. The van der Waals surface area contributed by atoms with Crippen molar-refractivity contribution in [3.8, 4) is 5.75 Å². The van der Waals surface area contributed by atoms with Crippen LogP contribution in [0.4, 0.5) is 0 Å². The lowest BCUT2D eigenvalue weighted by molar-refractivity contribution is 0.0427. The highest BCUT2D eigenvalue weighted by atomic mass is 16.5. The van der Waals surface area contributed by atoms with Gasteiger partial charge in [0.05, 0.1) is 24.0 Å². The third kappa shape index (κ3) is 2.67. The molecular weight excluding hydrogens is 340 g/mol. The summed E-state index contributed by atoms with van der Waals surface area (Å²) in [5, 5.41) is 1.00. The maximum Gasteiger partial charge on any atom is 0.272 e. The van der Waals surface area contributed by atoms with E-state index < -0.39 is 5.60 Å². The molecular formula is C22H18N2O3. The largest absolute Gasteiger partial charge is 0.484 e. The first kappa shape index (κ1) is 16.0. The van der Waals surface area contributed by atoms with Crippen LogP contribution in [0.3, 0.4) is 0 Å². The van der Waals surface area contributed by atoms with Gasteiger partial charge in [0.1, 0.15) is 17.0 Å². The summed E-state index contributed by atoms with van der Waals surface area (Å²) in [5.41, 5.74) is 1.23. The number of pyridine rings is 1. The number of nitrogens with zero attached hydrogens (tertiary/aromatic N) is 2. The van der Waals surface area contributed by atoms with Crippen LogP contribution in [0.25, 0.3) is 10.9 Å². The second-order valence-electron chi connectivity index (χ2n) is 7.25. The zero-order chi connectivity index (χ0) is 18.4. The first-order chi connectivity index (χ1) is 13.1. The van der Waals surface area contributed by atoms with E-state index in [1.807, 2.05) is 48.5 Å². The molecule has 1 amide bonds. The Kier molecular flexibility index (Phi) is 3.50. The van der Waals surface area contributed by atoms with Crippen LogP contribution in [0.5, 0.6) is 5.75 Å². The van der Waals surface area contributed by atoms with Crippen LogP contribution in [0, 0.1) is 0 Å². The van der Waals surface area contributed by atoms with Crippen molar-refractivity contribution < 1.29 is 14.3 Å². The zero-order valence-electron chi connectivity index (χ0n) is 14.7. The Balaban J connectivity index is 1.40. The molecule has 1 atom stereocenters. The molecule has 5 heteroatoms. The second kappa shape index (κ2) is 5.91. The molecule has 0 N–H and O–H groups in total. The highest BCUT2D eigenvalue weighted by Gasteiger charge is 2.47. The summed E-state index contributed by atoms with van der Waals surface area (Å²) in [5.74, 6) is 0.578. The minimum absolute atomic E-state index is 0.0787. The lowest BCUT2D eigenvalue weighted by Crippen LogP contribution is -2.45. The number of likely N-dealkylation sites (tertiary alicyclic amines) is 1. The molecule has 1 fully saturated rings. The Morgan fingerprint density at radius 1 is 1.04 bits per heavy atom.